The highest BCUT2D eigenvalue weighted by molar-refractivity contribution is 7.98. The molecule has 5 rings (SSSR count). The number of hydrogen-bond donors (Lipinski definition) is 0. The van der Waals surface area contributed by atoms with E-state index in [0.29, 0.717) is 17.9 Å². The van der Waals surface area contributed by atoms with E-state index in [0.717, 1.165) is 27.6 Å². The first-order valence-electron chi connectivity index (χ1n) is 11.2. The second kappa shape index (κ2) is 9.95. The zero-order valence-electron chi connectivity index (χ0n) is 19.5. The largest absolute Gasteiger partial charge is 0.226 e. The van der Waals surface area contributed by atoms with Crippen LogP contribution < -0.4 is 0 Å². The van der Waals surface area contributed by atoms with Gasteiger partial charge in [-0.3, -0.25) is 0 Å². The molecule has 0 radical (unpaired) electrons. The number of benzene rings is 3. The Bertz CT molecular complexity index is 1470. The highest BCUT2D eigenvalue weighted by atomic mass is 32.2. The van der Waals surface area contributed by atoms with Crippen LogP contribution in [0.15, 0.2) is 84.0 Å². The third-order valence-corrected chi connectivity index (χ3v) is 6.64. The van der Waals surface area contributed by atoms with Crippen molar-refractivity contribution < 1.29 is 0 Å². The van der Waals surface area contributed by atoms with Gasteiger partial charge in [-0.1, -0.05) is 48.5 Å². The van der Waals surface area contributed by atoms with Crippen molar-refractivity contribution in [2.24, 2.45) is 0 Å². The molecule has 5 aromatic rings. The van der Waals surface area contributed by atoms with Crippen LogP contribution in [-0.2, 0) is 12.3 Å². The summed E-state index contributed by atoms with van der Waals surface area (Å²) in [7, 11) is 0. The van der Waals surface area contributed by atoms with Gasteiger partial charge in [-0.25, -0.2) is 4.68 Å². The molecule has 0 saturated heterocycles. The van der Waals surface area contributed by atoms with E-state index in [1.165, 1.54) is 16.7 Å². The number of rotatable bonds is 7. The van der Waals surface area contributed by atoms with Crippen molar-refractivity contribution >= 4 is 11.8 Å². The lowest BCUT2D eigenvalue weighted by Gasteiger charge is -2.10. The SMILES string of the molecule is Cc1cc(C)cc(-n2ncc(-c3nnn(Cc4ccc(C#N)cc4)n3)c2SCc2ccccc2)c1. The van der Waals surface area contributed by atoms with E-state index >= 15 is 0 Å². The van der Waals surface area contributed by atoms with Crippen molar-refractivity contribution in [2.45, 2.75) is 31.2 Å². The van der Waals surface area contributed by atoms with Gasteiger partial charge in [0.05, 0.1) is 35.6 Å². The molecule has 0 amide bonds. The Labute approximate surface area is 208 Å². The number of nitrogens with zero attached hydrogens (tertiary/aromatic N) is 7. The van der Waals surface area contributed by atoms with Crippen LogP contribution in [-0.4, -0.2) is 30.0 Å². The summed E-state index contributed by atoms with van der Waals surface area (Å²) in [6, 6.07) is 26.3. The summed E-state index contributed by atoms with van der Waals surface area (Å²) in [5.74, 6) is 1.33. The third kappa shape index (κ3) is 5.15. The molecule has 8 heteroatoms. The normalized spacial score (nSPS) is 10.9. The van der Waals surface area contributed by atoms with Gasteiger partial charge in [-0.05, 0) is 65.6 Å². The van der Waals surface area contributed by atoms with Gasteiger partial charge in [0.15, 0.2) is 0 Å². The van der Waals surface area contributed by atoms with Crippen LogP contribution >= 0.6 is 11.8 Å². The van der Waals surface area contributed by atoms with Crippen LogP contribution in [0, 0.1) is 25.2 Å². The summed E-state index contributed by atoms with van der Waals surface area (Å²) in [5, 5.41) is 27.9. The Morgan fingerprint density at radius 2 is 1.66 bits per heavy atom. The molecule has 172 valence electrons. The van der Waals surface area contributed by atoms with Crippen molar-refractivity contribution in [1.82, 2.24) is 30.0 Å². The first kappa shape index (κ1) is 22.6. The molecule has 0 atom stereocenters. The molecule has 0 aliphatic carbocycles. The lowest BCUT2D eigenvalue weighted by molar-refractivity contribution is 0.573. The number of nitriles is 1. The summed E-state index contributed by atoms with van der Waals surface area (Å²) in [5.41, 5.74) is 7.07. The van der Waals surface area contributed by atoms with Gasteiger partial charge in [0.2, 0.25) is 5.82 Å². The molecule has 2 aromatic heterocycles. The molecule has 0 fully saturated rings. The topological polar surface area (TPSA) is 85.2 Å². The van der Waals surface area contributed by atoms with Gasteiger partial charge in [0.25, 0.3) is 0 Å². The van der Waals surface area contributed by atoms with Crippen molar-refractivity contribution in [3.05, 3.63) is 107 Å². The van der Waals surface area contributed by atoms with E-state index in [9.17, 15) is 0 Å². The number of aryl methyl sites for hydroxylation is 2. The van der Waals surface area contributed by atoms with Gasteiger partial charge in [-0.2, -0.15) is 15.2 Å². The molecule has 0 saturated carbocycles. The average Bonchev–Trinajstić information content (AvgIpc) is 3.50. The van der Waals surface area contributed by atoms with E-state index in [2.05, 4.69) is 65.7 Å². The maximum atomic E-state index is 9.00. The number of tetrazole rings is 1. The van der Waals surface area contributed by atoms with Crippen LogP contribution in [0.25, 0.3) is 17.1 Å². The maximum absolute atomic E-state index is 9.00. The van der Waals surface area contributed by atoms with Crippen molar-refractivity contribution in [3.63, 3.8) is 0 Å². The molecule has 0 N–H and O–H groups in total. The molecule has 2 heterocycles. The fourth-order valence-corrected chi connectivity index (χ4v) is 4.95. The second-order valence-corrected chi connectivity index (χ2v) is 9.31. The monoisotopic (exact) mass is 477 g/mol. The summed E-state index contributed by atoms with van der Waals surface area (Å²) in [6.07, 6.45) is 1.81. The smallest absolute Gasteiger partial charge is 0.209 e. The first-order valence-corrected chi connectivity index (χ1v) is 12.2. The Hall–Kier alpha value is -4.22. The Balaban J connectivity index is 1.48. The standard InChI is InChI=1S/C27H23N7S/c1-19-12-20(2)14-24(13-19)34-27(35-18-23-6-4-3-5-7-23)25(16-29-34)26-30-32-33(31-26)17-22-10-8-21(15-28)9-11-22/h3-14,16H,17-18H2,1-2H3. The molecule has 35 heavy (non-hydrogen) atoms. The van der Waals surface area contributed by atoms with Crippen LogP contribution in [0.3, 0.4) is 0 Å². The summed E-state index contributed by atoms with van der Waals surface area (Å²) >= 11 is 1.70. The molecule has 3 aromatic carbocycles. The van der Waals surface area contributed by atoms with E-state index in [-0.39, 0.29) is 0 Å². The van der Waals surface area contributed by atoms with Crippen LogP contribution in [0.5, 0.6) is 0 Å². The van der Waals surface area contributed by atoms with Gasteiger partial charge in [0, 0.05) is 5.75 Å². The van der Waals surface area contributed by atoms with Gasteiger partial charge >= 0.3 is 0 Å². The van der Waals surface area contributed by atoms with E-state index in [4.69, 9.17) is 10.4 Å². The lowest BCUT2D eigenvalue weighted by Crippen LogP contribution is -2.04. The van der Waals surface area contributed by atoms with Crippen molar-refractivity contribution in [2.75, 3.05) is 0 Å². The van der Waals surface area contributed by atoms with E-state index < -0.39 is 0 Å². The Kier molecular flexibility index (Phi) is 6.42. The first-order chi connectivity index (χ1) is 17.1. The third-order valence-electron chi connectivity index (χ3n) is 5.50. The molecule has 0 unspecified atom stereocenters. The minimum Gasteiger partial charge on any atom is -0.226 e. The quantitative estimate of drug-likeness (QED) is 0.294. The molecule has 0 aliphatic heterocycles. The van der Waals surface area contributed by atoms with Crippen molar-refractivity contribution in [1.29, 1.82) is 5.26 Å². The molecular weight excluding hydrogens is 454 g/mol. The summed E-state index contributed by atoms with van der Waals surface area (Å²) in [4.78, 5) is 1.57. The fourth-order valence-electron chi connectivity index (χ4n) is 3.88. The van der Waals surface area contributed by atoms with Gasteiger partial charge < -0.3 is 0 Å². The minimum atomic E-state index is 0.469. The van der Waals surface area contributed by atoms with Gasteiger partial charge in [0.1, 0.15) is 5.03 Å². The molecule has 0 spiro atoms. The Morgan fingerprint density at radius 1 is 0.914 bits per heavy atom. The highest BCUT2D eigenvalue weighted by Crippen LogP contribution is 2.34. The average molecular weight is 478 g/mol. The van der Waals surface area contributed by atoms with E-state index in [1.54, 1.807) is 28.7 Å². The highest BCUT2D eigenvalue weighted by Gasteiger charge is 2.19. The molecule has 7 nitrogen and oxygen atoms in total. The fraction of sp³-hybridized carbons (Fsp3) is 0.148. The maximum Gasteiger partial charge on any atom is 0.209 e. The second-order valence-electron chi connectivity index (χ2n) is 8.35. The van der Waals surface area contributed by atoms with Crippen LogP contribution in [0.1, 0.15) is 27.8 Å². The van der Waals surface area contributed by atoms with Crippen molar-refractivity contribution in [3.8, 4) is 23.1 Å². The lowest BCUT2D eigenvalue weighted by atomic mass is 10.1. The number of aromatic nitrogens is 6. The molecule has 0 bridgehead atoms. The number of hydrogen-bond acceptors (Lipinski definition) is 6. The van der Waals surface area contributed by atoms with Gasteiger partial charge in [-0.15, -0.1) is 22.0 Å². The predicted octanol–water partition coefficient (Wildman–Crippen LogP) is 5.35. The minimum absolute atomic E-state index is 0.469. The van der Waals surface area contributed by atoms with Crippen LogP contribution in [0.2, 0.25) is 0 Å². The van der Waals surface area contributed by atoms with E-state index in [1.807, 2.05) is 41.2 Å². The summed E-state index contributed by atoms with van der Waals surface area (Å²) in [6.45, 7) is 4.65. The molecular formula is C27H23N7S. The Morgan fingerprint density at radius 3 is 2.37 bits per heavy atom. The predicted molar refractivity (Wildman–Crippen MR) is 136 cm³/mol. The zero-order chi connectivity index (χ0) is 24.2. The zero-order valence-corrected chi connectivity index (χ0v) is 20.3. The number of thioether (sulfide) groups is 1. The van der Waals surface area contributed by atoms with Crippen LogP contribution in [0.4, 0.5) is 0 Å². The summed E-state index contributed by atoms with van der Waals surface area (Å²) < 4.78 is 1.96. The molecule has 0 aliphatic rings.